The number of carbonyl (C=O) groups excluding carboxylic acids is 1. The lowest BCUT2D eigenvalue weighted by molar-refractivity contribution is -0.384. The lowest BCUT2D eigenvalue weighted by Crippen LogP contribution is -2.41. The SMILES string of the molecule is Cc1ccc(/C=N/NC(=O)C2CC(c3cccc([N+](=O)[O-])c3)NN2)cc1. The smallest absolute Gasteiger partial charge is 0.269 e. The number of nitrogens with zero attached hydrogens (tertiary/aromatic N) is 2. The second-order valence-electron chi connectivity index (χ2n) is 6.13. The van der Waals surface area contributed by atoms with Gasteiger partial charge in [-0.05, 0) is 24.5 Å². The Morgan fingerprint density at radius 1 is 1.27 bits per heavy atom. The van der Waals surface area contributed by atoms with Crippen molar-refractivity contribution >= 4 is 17.8 Å². The van der Waals surface area contributed by atoms with Crippen LogP contribution in [0.1, 0.15) is 29.2 Å². The maximum Gasteiger partial charge on any atom is 0.269 e. The number of hydrogen-bond donors (Lipinski definition) is 3. The highest BCUT2D eigenvalue weighted by molar-refractivity contribution is 5.85. The van der Waals surface area contributed by atoms with Crippen molar-refractivity contribution in [2.75, 3.05) is 0 Å². The highest BCUT2D eigenvalue weighted by Crippen LogP contribution is 2.25. The molecule has 1 fully saturated rings. The summed E-state index contributed by atoms with van der Waals surface area (Å²) in [6, 6.07) is 13.5. The fourth-order valence-corrected chi connectivity index (χ4v) is 2.70. The molecule has 1 amide bonds. The molecule has 0 spiro atoms. The molecule has 2 atom stereocenters. The van der Waals surface area contributed by atoms with Gasteiger partial charge >= 0.3 is 0 Å². The van der Waals surface area contributed by atoms with E-state index >= 15 is 0 Å². The van der Waals surface area contributed by atoms with E-state index in [1.54, 1.807) is 18.3 Å². The summed E-state index contributed by atoms with van der Waals surface area (Å²) < 4.78 is 0. The third-order valence-electron chi connectivity index (χ3n) is 4.17. The average Bonchev–Trinajstić information content (AvgIpc) is 3.14. The van der Waals surface area contributed by atoms with Crippen LogP contribution in [0.4, 0.5) is 5.69 Å². The van der Waals surface area contributed by atoms with Gasteiger partial charge in [-0.2, -0.15) is 5.10 Å². The van der Waals surface area contributed by atoms with E-state index in [0.717, 1.165) is 16.7 Å². The lowest BCUT2D eigenvalue weighted by atomic mass is 10.0. The van der Waals surface area contributed by atoms with Crippen molar-refractivity contribution in [3.05, 3.63) is 75.3 Å². The van der Waals surface area contributed by atoms with Gasteiger partial charge in [0.15, 0.2) is 0 Å². The van der Waals surface area contributed by atoms with E-state index in [2.05, 4.69) is 21.4 Å². The summed E-state index contributed by atoms with van der Waals surface area (Å²) in [5.74, 6) is -0.270. The van der Waals surface area contributed by atoms with Crippen molar-refractivity contribution in [2.45, 2.75) is 25.4 Å². The molecule has 1 aliphatic rings. The fraction of sp³-hybridized carbons (Fsp3) is 0.222. The predicted molar refractivity (Wildman–Crippen MR) is 97.4 cm³/mol. The topological polar surface area (TPSA) is 109 Å². The second kappa shape index (κ2) is 7.85. The van der Waals surface area contributed by atoms with Crippen LogP contribution in [0.3, 0.4) is 0 Å². The van der Waals surface area contributed by atoms with Crippen molar-refractivity contribution in [2.24, 2.45) is 5.10 Å². The standard InChI is InChI=1S/C18H19N5O3/c1-12-5-7-13(8-6-12)11-19-22-18(24)17-10-16(20-21-17)14-3-2-4-15(9-14)23(25)26/h2-9,11,16-17,20-21H,10H2,1H3,(H,22,24)/b19-11+. The van der Waals surface area contributed by atoms with Gasteiger partial charge in [0.05, 0.1) is 11.1 Å². The quantitative estimate of drug-likeness (QED) is 0.432. The minimum Gasteiger partial charge on any atom is -0.271 e. The Kier molecular flexibility index (Phi) is 5.35. The molecule has 2 aromatic carbocycles. The summed E-state index contributed by atoms with van der Waals surface area (Å²) in [6.07, 6.45) is 2.05. The van der Waals surface area contributed by atoms with Crippen LogP contribution in [0.2, 0.25) is 0 Å². The Balaban J connectivity index is 1.56. The summed E-state index contributed by atoms with van der Waals surface area (Å²) >= 11 is 0. The van der Waals surface area contributed by atoms with Crippen LogP contribution in [-0.2, 0) is 4.79 Å². The molecule has 1 saturated heterocycles. The third-order valence-corrected chi connectivity index (χ3v) is 4.17. The number of rotatable bonds is 5. The van der Waals surface area contributed by atoms with Crippen LogP contribution in [0, 0.1) is 17.0 Å². The fourth-order valence-electron chi connectivity index (χ4n) is 2.70. The summed E-state index contributed by atoms with van der Waals surface area (Å²) in [5.41, 5.74) is 11.2. The normalized spacial score (nSPS) is 19.6. The predicted octanol–water partition coefficient (Wildman–Crippen LogP) is 1.96. The van der Waals surface area contributed by atoms with Gasteiger partial charge in [0.1, 0.15) is 6.04 Å². The number of nitrogens with one attached hydrogen (secondary N) is 3. The lowest BCUT2D eigenvalue weighted by Gasteiger charge is -2.09. The van der Waals surface area contributed by atoms with E-state index in [0.29, 0.717) is 6.42 Å². The van der Waals surface area contributed by atoms with Crippen LogP contribution in [-0.4, -0.2) is 23.1 Å². The monoisotopic (exact) mass is 353 g/mol. The number of carbonyl (C=O) groups is 1. The molecule has 1 heterocycles. The molecule has 8 heteroatoms. The molecular formula is C18H19N5O3. The Morgan fingerprint density at radius 2 is 2.04 bits per heavy atom. The number of hydrazone groups is 1. The molecule has 1 aliphatic heterocycles. The molecule has 0 aromatic heterocycles. The van der Waals surface area contributed by atoms with Gasteiger partial charge < -0.3 is 0 Å². The molecule has 3 N–H and O–H groups in total. The Labute approximate surface area is 150 Å². The van der Waals surface area contributed by atoms with Gasteiger partial charge in [0.2, 0.25) is 0 Å². The summed E-state index contributed by atoms with van der Waals surface area (Å²) in [7, 11) is 0. The van der Waals surface area contributed by atoms with Crippen LogP contribution >= 0.6 is 0 Å². The molecule has 0 bridgehead atoms. The molecule has 0 radical (unpaired) electrons. The van der Waals surface area contributed by atoms with Crippen molar-refractivity contribution in [1.82, 2.24) is 16.3 Å². The van der Waals surface area contributed by atoms with Crippen molar-refractivity contribution in [3.8, 4) is 0 Å². The summed E-state index contributed by atoms with van der Waals surface area (Å²) in [5, 5.41) is 14.9. The molecule has 3 rings (SSSR count). The average molecular weight is 353 g/mol. The van der Waals surface area contributed by atoms with E-state index in [-0.39, 0.29) is 17.6 Å². The van der Waals surface area contributed by atoms with E-state index in [4.69, 9.17) is 0 Å². The van der Waals surface area contributed by atoms with Crippen LogP contribution in [0.5, 0.6) is 0 Å². The number of nitro benzene ring substituents is 1. The summed E-state index contributed by atoms with van der Waals surface area (Å²) in [4.78, 5) is 22.7. The number of hydrazine groups is 1. The van der Waals surface area contributed by atoms with Gasteiger partial charge in [-0.1, -0.05) is 42.0 Å². The van der Waals surface area contributed by atoms with Gasteiger partial charge in [0.25, 0.3) is 11.6 Å². The number of aryl methyl sites for hydroxylation is 1. The zero-order chi connectivity index (χ0) is 18.5. The first-order valence-corrected chi connectivity index (χ1v) is 8.18. The number of benzene rings is 2. The zero-order valence-electron chi connectivity index (χ0n) is 14.2. The minimum atomic E-state index is -0.477. The van der Waals surface area contributed by atoms with Crippen molar-refractivity contribution in [1.29, 1.82) is 0 Å². The molecule has 2 unspecified atom stereocenters. The maximum absolute atomic E-state index is 12.2. The largest absolute Gasteiger partial charge is 0.271 e. The van der Waals surface area contributed by atoms with Crippen molar-refractivity contribution < 1.29 is 9.72 Å². The van der Waals surface area contributed by atoms with E-state index in [9.17, 15) is 14.9 Å². The van der Waals surface area contributed by atoms with Gasteiger partial charge in [-0.15, -0.1) is 0 Å². The van der Waals surface area contributed by atoms with Gasteiger partial charge in [-0.3, -0.25) is 14.9 Å². The molecule has 0 saturated carbocycles. The molecule has 0 aliphatic carbocycles. The van der Waals surface area contributed by atoms with Crippen LogP contribution in [0.15, 0.2) is 53.6 Å². The first-order valence-electron chi connectivity index (χ1n) is 8.18. The first-order chi connectivity index (χ1) is 12.5. The number of amides is 1. The highest BCUT2D eigenvalue weighted by atomic mass is 16.6. The summed E-state index contributed by atoms with van der Waals surface area (Å²) in [6.45, 7) is 2.00. The first kappa shape index (κ1) is 17.7. The van der Waals surface area contributed by atoms with E-state index < -0.39 is 11.0 Å². The van der Waals surface area contributed by atoms with E-state index in [1.165, 1.54) is 12.1 Å². The molecular weight excluding hydrogens is 334 g/mol. The Bertz CT molecular complexity index is 835. The maximum atomic E-state index is 12.2. The molecule has 134 valence electrons. The van der Waals surface area contributed by atoms with Crippen molar-refractivity contribution in [3.63, 3.8) is 0 Å². The molecule has 26 heavy (non-hydrogen) atoms. The van der Waals surface area contributed by atoms with Gasteiger partial charge in [0, 0.05) is 18.2 Å². The molecule has 2 aromatic rings. The number of nitro groups is 1. The third kappa shape index (κ3) is 4.29. The Morgan fingerprint density at radius 3 is 2.77 bits per heavy atom. The van der Waals surface area contributed by atoms with E-state index in [1.807, 2.05) is 31.2 Å². The Hall–Kier alpha value is -3.10. The van der Waals surface area contributed by atoms with Crippen LogP contribution < -0.4 is 16.3 Å². The zero-order valence-corrected chi connectivity index (χ0v) is 14.2. The minimum absolute atomic E-state index is 0.0277. The second-order valence-corrected chi connectivity index (χ2v) is 6.13. The van der Waals surface area contributed by atoms with Gasteiger partial charge in [-0.25, -0.2) is 16.3 Å². The molecule has 8 nitrogen and oxygen atoms in total. The number of non-ortho nitro benzene ring substituents is 1. The highest BCUT2D eigenvalue weighted by Gasteiger charge is 2.30. The number of hydrogen-bond acceptors (Lipinski definition) is 6. The van der Waals surface area contributed by atoms with Crippen LogP contribution in [0.25, 0.3) is 0 Å².